The quantitative estimate of drug-likeness (QED) is 0.868. The molecule has 3 rings (SSSR count). The number of carbonyl (C=O) groups excluding carboxylic acids is 1. The molecule has 1 aliphatic heterocycles. The van der Waals surface area contributed by atoms with Gasteiger partial charge in [-0.25, -0.2) is 4.79 Å². The summed E-state index contributed by atoms with van der Waals surface area (Å²) in [5.41, 5.74) is 3.52. The van der Waals surface area contributed by atoms with E-state index in [-0.39, 0.29) is 6.03 Å². The van der Waals surface area contributed by atoms with Gasteiger partial charge in [0, 0.05) is 13.1 Å². The van der Waals surface area contributed by atoms with Gasteiger partial charge in [-0.1, -0.05) is 24.3 Å². The molecule has 0 aliphatic carbocycles. The average molecular weight is 273 g/mol. The predicted molar refractivity (Wildman–Crippen MR) is 76.4 cm³/mol. The molecule has 5 heteroatoms. The van der Waals surface area contributed by atoms with E-state index in [0.717, 1.165) is 23.7 Å². The van der Waals surface area contributed by atoms with Crippen LogP contribution in [-0.2, 0) is 13.0 Å². The van der Waals surface area contributed by atoms with E-state index in [9.17, 15) is 4.79 Å². The molecule has 0 saturated carbocycles. The maximum atomic E-state index is 12.2. The van der Waals surface area contributed by atoms with Crippen molar-refractivity contribution in [2.45, 2.75) is 19.9 Å². The van der Waals surface area contributed by atoms with Crippen LogP contribution in [0.1, 0.15) is 16.8 Å². The van der Waals surface area contributed by atoms with Crippen LogP contribution >= 0.6 is 11.5 Å². The van der Waals surface area contributed by atoms with Crippen molar-refractivity contribution < 1.29 is 4.79 Å². The molecule has 0 radical (unpaired) electrons. The molecule has 1 aliphatic rings. The Morgan fingerprint density at radius 3 is 2.89 bits per heavy atom. The Kier molecular flexibility index (Phi) is 3.21. The number of rotatable bonds is 1. The molecule has 2 heterocycles. The lowest BCUT2D eigenvalue weighted by Crippen LogP contribution is -2.38. The fourth-order valence-electron chi connectivity index (χ4n) is 2.28. The molecule has 1 N–H and O–H groups in total. The molecule has 0 fully saturated rings. The number of fused-ring (bicyclic) bond motifs is 1. The molecule has 0 unspecified atom stereocenters. The highest BCUT2D eigenvalue weighted by atomic mass is 32.1. The van der Waals surface area contributed by atoms with Gasteiger partial charge < -0.3 is 4.90 Å². The van der Waals surface area contributed by atoms with E-state index in [4.69, 9.17) is 0 Å². The molecule has 4 nitrogen and oxygen atoms in total. The SMILES string of the molecule is Cc1cc(NC(=O)N2CCc3ccccc3C2)sn1. The second-order valence-corrected chi connectivity index (χ2v) is 5.51. The molecule has 98 valence electrons. The highest BCUT2D eigenvalue weighted by Crippen LogP contribution is 2.21. The fourth-order valence-corrected chi connectivity index (χ4v) is 2.93. The van der Waals surface area contributed by atoms with Gasteiger partial charge >= 0.3 is 6.03 Å². The zero-order valence-corrected chi connectivity index (χ0v) is 11.5. The number of amides is 2. The van der Waals surface area contributed by atoms with Crippen LogP contribution in [0.15, 0.2) is 30.3 Å². The molecule has 19 heavy (non-hydrogen) atoms. The summed E-state index contributed by atoms with van der Waals surface area (Å²) in [6.45, 7) is 3.36. The van der Waals surface area contributed by atoms with Crippen LogP contribution in [0.25, 0.3) is 0 Å². The van der Waals surface area contributed by atoms with Gasteiger partial charge in [0.25, 0.3) is 0 Å². The van der Waals surface area contributed by atoms with Gasteiger partial charge in [-0.15, -0.1) is 0 Å². The first-order valence-corrected chi connectivity index (χ1v) is 7.06. The van der Waals surface area contributed by atoms with Gasteiger partial charge in [0.15, 0.2) is 0 Å². The molecule has 0 atom stereocenters. The van der Waals surface area contributed by atoms with E-state index in [2.05, 4.69) is 27.9 Å². The number of nitrogens with zero attached hydrogens (tertiary/aromatic N) is 2. The minimum atomic E-state index is -0.0434. The number of hydrogen-bond acceptors (Lipinski definition) is 3. The first-order valence-electron chi connectivity index (χ1n) is 6.28. The standard InChI is InChI=1S/C14H15N3OS/c1-10-8-13(19-16-10)15-14(18)17-7-6-11-4-2-3-5-12(11)9-17/h2-5,8H,6-7,9H2,1H3,(H,15,18). The Bertz CT molecular complexity index is 608. The van der Waals surface area contributed by atoms with Crippen molar-refractivity contribution in [2.24, 2.45) is 0 Å². The van der Waals surface area contributed by atoms with Crippen molar-refractivity contribution in [1.82, 2.24) is 9.27 Å². The Hall–Kier alpha value is -1.88. The number of hydrogen-bond donors (Lipinski definition) is 1. The molecule has 0 spiro atoms. The smallest absolute Gasteiger partial charge is 0.320 e. The van der Waals surface area contributed by atoms with E-state index in [0.29, 0.717) is 6.54 Å². The number of aryl methyl sites for hydroxylation is 1. The Balaban J connectivity index is 1.69. The summed E-state index contributed by atoms with van der Waals surface area (Å²) < 4.78 is 4.16. The number of aromatic nitrogens is 1. The van der Waals surface area contributed by atoms with E-state index >= 15 is 0 Å². The lowest BCUT2D eigenvalue weighted by Gasteiger charge is -2.28. The van der Waals surface area contributed by atoms with Gasteiger partial charge in [-0.05, 0) is 42.1 Å². The summed E-state index contributed by atoms with van der Waals surface area (Å²) in [7, 11) is 0. The first kappa shape index (κ1) is 12.2. The zero-order chi connectivity index (χ0) is 13.2. The number of benzene rings is 1. The summed E-state index contributed by atoms with van der Waals surface area (Å²) in [6.07, 6.45) is 0.922. The van der Waals surface area contributed by atoms with Crippen LogP contribution in [-0.4, -0.2) is 21.8 Å². The van der Waals surface area contributed by atoms with Crippen molar-refractivity contribution >= 4 is 22.6 Å². The lowest BCUT2D eigenvalue weighted by molar-refractivity contribution is 0.206. The molecular weight excluding hydrogens is 258 g/mol. The van der Waals surface area contributed by atoms with Crippen LogP contribution in [0.4, 0.5) is 9.80 Å². The first-order chi connectivity index (χ1) is 9.22. The maximum absolute atomic E-state index is 12.2. The molecule has 2 amide bonds. The largest absolute Gasteiger partial charge is 0.322 e. The number of nitrogens with one attached hydrogen (secondary N) is 1. The normalized spacial score (nSPS) is 14.1. The topological polar surface area (TPSA) is 45.2 Å². The zero-order valence-electron chi connectivity index (χ0n) is 10.7. The van der Waals surface area contributed by atoms with E-state index in [1.807, 2.05) is 24.0 Å². The minimum absolute atomic E-state index is 0.0434. The fraction of sp³-hybridized carbons (Fsp3) is 0.286. The van der Waals surface area contributed by atoms with Crippen molar-refractivity contribution in [2.75, 3.05) is 11.9 Å². The third kappa shape index (κ3) is 2.61. The van der Waals surface area contributed by atoms with Gasteiger partial charge in [0.05, 0.1) is 5.69 Å². The second-order valence-electron chi connectivity index (χ2n) is 4.70. The van der Waals surface area contributed by atoms with Gasteiger partial charge in [-0.3, -0.25) is 5.32 Å². The number of anilines is 1. The Morgan fingerprint density at radius 2 is 2.16 bits per heavy atom. The highest BCUT2D eigenvalue weighted by Gasteiger charge is 2.20. The molecule has 0 bridgehead atoms. The molecule has 1 aromatic heterocycles. The van der Waals surface area contributed by atoms with Crippen molar-refractivity contribution in [1.29, 1.82) is 0 Å². The van der Waals surface area contributed by atoms with Crippen LogP contribution in [0, 0.1) is 6.92 Å². The number of carbonyl (C=O) groups is 1. The lowest BCUT2D eigenvalue weighted by atomic mass is 10.0. The summed E-state index contributed by atoms with van der Waals surface area (Å²) >= 11 is 1.32. The highest BCUT2D eigenvalue weighted by molar-refractivity contribution is 7.10. The van der Waals surface area contributed by atoms with E-state index < -0.39 is 0 Å². The van der Waals surface area contributed by atoms with Crippen molar-refractivity contribution in [3.05, 3.63) is 47.2 Å². The summed E-state index contributed by atoms with van der Waals surface area (Å²) in [6, 6.07) is 10.1. The summed E-state index contributed by atoms with van der Waals surface area (Å²) in [5.74, 6) is 0. The Morgan fingerprint density at radius 1 is 1.37 bits per heavy atom. The van der Waals surface area contributed by atoms with Crippen LogP contribution in [0.2, 0.25) is 0 Å². The number of urea groups is 1. The average Bonchev–Trinajstić information content (AvgIpc) is 2.83. The van der Waals surface area contributed by atoms with Crippen LogP contribution < -0.4 is 5.32 Å². The maximum Gasteiger partial charge on any atom is 0.322 e. The van der Waals surface area contributed by atoms with Crippen LogP contribution in [0.3, 0.4) is 0 Å². The molecule has 1 aromatic carbocycles. The van der Waals surface area contributed by atoms with E-state index in [1.165, 1.54) is 22.7 Å². The predicted octanol–water partition coefficient (Wildman–Crippen LogP) is 3.04. The van der Waals surface area contributed by atoms with Gasteiger partial charge in [0.2, 0.25) is 0 Å². The molecule has 2 aromatic rings. The van der Waals surface area contributed by atoms with Crippen molar-refractivity contribution in [3.8, 4) is 0 Å². The second kappa shape index (κ2) is 5.01. The third-order valence-electron chi connectivity index (χ3n) is 3.28. The van der Waals surface area contributed by atoms with Crippen molar-refractivity contribution in [3.63, 3.8) is 0 Å². The molecule has 0 saturated heterocycles. The summed E-state index contributed by atoms with van der Waals surface area (Å²) in [5, 5.41) is 3.71. The minimum Gasteiger partial charge on any atom is -0.320 e. The monoisotopic (exact) mass is 273 g/mol. The van der Waals surface area contributed by atoms with Gasteiger partial charge in [-0.2, -0.15) is 4.37 Å². The molecular formula is C14H15N3OS. The third-order valence-corrected chi connectivity index (χ3v) is 4.07. The van der Waals surface area contributed by atoms with E-state index in [1.54, 1.807) is 0 Å². The summed E-state index contributed by atoms with van der Waals surface area (Å²) in [4.78, 5) is 14.0. The van der Waals surface area contributed by atoms with Gasteiger partial charge in [0.1, 0.15) is 5.00 Å². The van der Waals surface area contributed by atoms with Crippen LogP contribution in [0.5, 0.6) is 0 Å². The Labute approximate surface area is 116 Å².